The molecule has 2 atom stereocenters. The lowest BCUT2D eigenvalue weighted by atomic mass is 9.90. The van der Waals surface area contributed by atoms with Gasteiger partial charge in [0, 0.05) is 17.9 Å². The molecule has 4 aromatic carbocycles. The maximum atomic E-state index is 14.5. The zero-order valence-corrected chi connectivity index (χ0v) is 22.7. The number of amides is 1. The fraction of sp³-hybridized carbons (Fsp3) is 0.156. The number of nitrogens with zero attached hydrogens (tertiary/aromatic N) is 2. The van der Waals surface area contributed by atoms with Gasteiger partial charge in [-0.3, -0.25) is 9.69 Å². The molecule has 6 nitrogen and oxygen atoms in total. The smallest absolute Gasteiger partial charge is 0.243 e. The number of ether oxygens (including phenoxy) is 1. The Labute approximate surface area is 229 Å². The number of para-hydroxylation sites is 2. The lowest BCUT2D eigenvalue weighted by Gasteiger charge is -2.31. The van der Waals surface area contributed by atoms with Crippen LogP contribution in [0, 0.1) is 12.8 Å². The number of anilines is 2. The minimum absolute atomic E-state index is 0.0285. The van der Waals surface area contributed by atoms with E-state index in [0.717, 1.165) is 5.56 Å². The van der Waals surface area contributed by atoms with Crippen molar-refractivity contribution in [1.82, 2.24) is 4.31 Å². The molecule has 4 aromatic rings. The van der Waals surface area contributed by atoms with Crippen molar-refractivity contribution in [3.63, 3.8) is 0 Å². The predicted molar refractivity (Wildman–Crippen MR) is 153 cm³/mol. The number of carbonyl (C=O) groups excluding carboxylic acids is 1. The number of sulfonamides is 1. The van der Waals surface area contributed by atoms with E-state index in [9.17, 15) is 13.2 Å². The van der Waals surface area contributed by atoms with Crippen LogP contribution in [0.25, 0.3) is 0 Å². The highest BCUT2D eigenvalue weighted by Crippen LogP contribution is 2.45. The summed E-state index contributed by atoms with van der Waals surface area (Å²) in [5.41, 5.74) is 3.56. The van der Waals surface area contributed by atoms with Crippen molar-refractivity contribution in [2.75, 3.05) is 18.6 Å². The average Bonchev–Trinajstić information content (AvgIpc) is 3.32. The first kappa shape index (κ1) is 26.4. The van der Waals surface area contributed by atoms with Gasteiger partial charge in [0.1, 0.15) is 5.75 Å². The second kappa shape index (κ2) is 10.9. The van der Waals surface area contributed by atoms with Crippen LogP contribution in [0.3, 0.4) is 0 Å². The standard InChI is InChI=1S/C32H30N2O4S/c1-23-14-20-29(21-15-23)39(36,37)33-22-24(2)30(31(33)25-16-18-28(38-3)19-17-25)32(35)34(26-10-6-4-7-11-26)27-12-8-5-9-13-27/h4-21,30-31H,2,22H2,1,3H3/t30-,31+/m1/s1. The Balaban J connectivity index is 1.64. The Hall–Kier alpha value is -4.20. The van der Waals surface area contributed by atoms with Gasteiger partial charge in [-0.15, -0.1) is 0 Å². The average molecular weight is 539 g/mol. The van der Waals surface area contributed by atoms with Gasteiger partial charge in [-0.25, -0.2) is 8.42 Å². The van der Waals surface area contributed by atoms with Crippen LogP contribution in [0.4, 0.5) is 11.4 Å². The summed E-state index contributed by atoms with van der Waals surface area (Å²) in [6.45, 7) is 6.17. The molecule has 0 aliphatic carbocycles. The van der Waals surface area contributed by atoms with Crippen molar-refractivity contribution in [1.29, 1.82) is 0 Å². The van der Waals surface area contributed by atoms with Crippen molar-refractivity contribution >= 4 is 27.3 Å². The Kier molecular flexibility index (Phi) is 7.37. The molecule has 5 rings (SSSR count). The summed E-state index contributed by atoms with van der Waals surface area (Å²) in [5, 5.41) is 0. The third kappa shape index (κ3) is 5.11. The van der Waals surface area contributed by atoms with E-state index >= 15 is 0 Å². The molecular formula is C32H30N2O4S. The first-order valence-electron chi connectivity index (χ1n) is 12.7. The van der Waals surface area contributed by atoms with Gasteiger partial charge in [0.15, 0.2) is 0 Å². The second-order valence-corrected chi connectivity index (χ2v) is 11.5. The molecule has 0 spiro atoms. The fourth-order valence-electron chi connectivity index (χ4n) is 5.03. The number of methoxy groups -OCH3 is 1. The van der Waals surface area contributed by atoms with E-state index < -0.39 is 22.0 Å². The summed E-state index contributed by atoms with van der Waals surface area (Å²) >= 11 is 0. The second-order valence-electron chi connectivity index (χ2n) is 9.56. The molecule has 0 unspecified atom stereocenters. The molecule has 1 aliphatic rings. The summed E-state index contributed by atoms with van der Waals surface area (Å²) in [7, 11) is -2.38. The number of carbonyl (C=O) groups is 1. The van der Waals surface area contributed by atoms with Gasteiger partial charge in [0.2, 0.25) is 15.9 Å². The molecule has 7 heteroatoms. The first-order chi connectivity index (χ1) is 18.8. The molecule has 1 heterocycles. The van der Waals surface area contributed by atoms with Crippen molar-refractivity contribution < 1.29 is 17.9 Å². The number of rotatable bonds is 7. The fourth-order valence-corrected chi connectivity index (χ4v) is 6.66. The zero-order valence-electron chi connectivity index (χ0n) is 21.9. The minimum atomic E-state index is -3.95. The van der Waals surface area contributed by atoms with Gasteiger partial charge in [0.05, 0.1) is 24.0 Å². The Bertz CT molecular complexity index is 1530. The van der Waals surface area contributed by atoms with Crippen LogP contribution < -0.4 is 9.64 Å². The molecule has 1 amide bonds. The van der Waals surface area contributed by atoms with Crippen LogP contribution in [-0.2, 0) is 14.8 Å². The van der Waals surface area contributed by atoms with E-state index in [0.29, 0.717) is 28.3 Å². The maximum absolute atomic E-state index is 14.5. The third-order valence-electron chi connectivity index (χ3n) is 7.02. The summed E-state index contributed by atoms with van der Waals surface area (Å²) in [6.07, 6.45) is 0. The molecule has 0 N–H and O–H groups in total. The quantitative estimate of drug-likeness (QED) is 0.260. The maximum Gasteiger partial charge on any atom is 0.243 e. The molecule has 39 heavy (non-hydrogen) atoms. The van der Waals surface area contributed by atoms with Crippen LogP contribution in [-0.4, -0.2) is 32.3 Å². The largest absolute Gasteiger partial charge is 0.497 e. The SMILES string of the molecule is C=C1CN(S(=O)(=O)c2ccc(C)cc2)[C@@H](c2ccc(OC)cc2)[C@@H]1C(=O)N(c1ccccc1)c1ccccc1. The highest BCUT2D eigenvalue weighted by molar-refractivity contribution is 7.89. The number of hydrogen-bond donors (Lipinski definition) is 0. The van der Waals surface area contributed by atoms with Crippen LogP contribution in [0.2, 0.25) is 0 Å². The van der Waals surface area contributed by atoms with Gasteiger partial charge in [-0.1, -0.05) is 72.8 Å². The first-order valence-corrected chi connectivity index (χ1v) is 14.1. The highest BCUT2D eigenvalue weighted by atomic mass is 32.2. The van der Waals surface area contributed by atoms with E-state index in [2.05, 4.69) is 6.58 Å². The Morgan fingerprint density at radius 2 is 1.38 bits per heavy atom. The van der Waals surface area contributed by atoms with Gasteiger partial charge in [-0.05, 0) is 66.6 Å². The molecular weight excluding hydrogens is 508 g/mol. The molecule has 1 aliphatic heterocycles. The Morgan fingerprint density at radius 3 is 1.90 bits per heavy atom. The molecule has 0 radical (unpaired) electrons. The predicted octanol–water partition coefficient (Wildman–Crippen LogP) is 6.29. The lowest BCUT2D eigenvalue weighted by molar-refractivity contribution is -0.121. The molecule has 1 fully saturated rings. The topological polar surface area (TPSA) is 66.9 Å². The van der Waals surface area contributed by atoms with Crippen LogP contribution >= 0.6 is 0 Å². The van der Waals surface area contributed by atoms with Crippen molar-refractivity contribution in [3.8, 4) is 5.75 Å². The summed E-state index contributed by atoms with van der Waals surface area (Å²) < 4.78 is 34.8. The van der Waals surface area contributed by atoms with Gasteiger partial charge >= 0.3 is 0 Å². The van der Waals surface area contributed by atoms with E-state index in [1.54, 1.807) is 48.4 Å². The Morgan fingerprint density at radius 1 is 0.846 bits per heavy atom. The van der Waals surface area contributed by atoms with E-state index in [1.165, 1.54) is 4.31 Å². The number of benzene rings is 4. The van der Waals surface area contributed by atoms with Crippen LogP contribution in [0.5, 0.6) is 5.75 Å². The summed E-state index contributed by atoms with van der Waals surface area (Å²) in [4.78, 5) is 16.4. The summed E-state index contributed by atoms with van der Waals surface area (Å²) in [6, 6.07) is 31.9. The van der Waals surface area contributed by atoms with Gasteiger partial charge in [-0.2, -0.15) is 4.31 Å². The molecule has 1 saturated heterocycles. The summed E-state index contributed by atoms with van der Waals surface area (Å²) in [5.74, 6) is -0.430. The molecule has 198 valence electrons. The van der Waals surface area contributed by atoms with Crippen LogP contribution in [0.15, 0.2) is 126 Å². The molecule has 0 aromatic heterocycles. The van der Waals surface area contributed by atoms with Crippen molar-refractivity contribution in [3.05, 3.63) is 132 Å². The van der Waals surface area contributed by atoms with E-state index in [1.807, 2.05) is 79.7 Å². The van der Waals surface area contributed by atoms with Gasteiger partial charge in [0.25, 0.3) is 0 Å². The van der Waals surface area contributed by atoms with Crippen molar-refractivity contribution in [2.24, 2.45) is 5.92 Å². The molecule has 0 bridgehead atoms. The van der Waals surface area contributed by atoms with Crippen LogP contribution in [0.1, 0.15) is 17.2 Å². The third-order valence-corrected chi connectivity index (χ3v) is 8.87. The lowest BCUT2D eigenvalue weighted by Crippen LogP contribution is -2.38. The highest BCUT2D eigenvalue weighted by Gasteiger charge is 2.49. The number of aryl methyl sites for hydroxylation is 1. The minimum Gasteiger partial charge on any atom is -0.497 e. The molecule has 0 saturated carbocycles. The number of hydrogen-bond acceptors (Lipinski definition) is 4. The van der Waals surface area contributed by atoms with E-state index in [-0.39, 0.29) is 17.3 Å². The zero-order chi connectivity index (χ0) is 27.6. The van der Waals surface area contributed by atoms with E-state index in [4.69, 9.17) is 4.74 Å². The monoisotopic (exact) mass is 538 g/mol. The van der Waals surface area contributed by atoms with Crippen molar-refractivity contribution in [2.45, 2.75) is 17.9 Å². The van der Waals surface area contributed by atoms with Gasteiger partial charge < -0.3 is 4.74 Å². The normalized spacial score (nSPS) is 17.6.